The van der Waals surface area contributed by atoms with Gasteiger partial charge in [-0.3, -0.25) is 9.69 Å². The molecular weight excluding hydrogens is 401 g/mol. The number of amides is 1. The number of halogens is 1. The average molecular weight is 430 g/mol. The molecule has 0 bridgehead atoms. The van der Waals surface area contributed by atoms with Crippen LogP contribution >= 0.6 is 0 Å². The number of hydrogen-bond acceptors (Lipinski definition) is 3. The van der Waals surface area contributed by atoms with E-state index >= 15 is 0 Å². The van der Waals surface area contributed by atoms with Gasteiger partial charge >= 0.3 is 0 Å². The summed E-state index contributed by atoms with van der Waals surface area (Å²) >= 11 is 0. The van der Waals surface area contributed by atoms with Crippen molar-refractivity contribution in [3.8, 4) is 0 Å². The minimum atomic E-state index is -0.264. The summed E-state index contributed by atoms with van der Waals surface area (Å²) in [7, 11) is 0. The second-order valence-electron chi connectivity index (χ2n) is 8.77. The van der Waals surface area contributed by atoms with Crippen LogP contribution in [0.1, 0.15) is 16.7 Å². The molecule has 5 rings (SSSR count). The Hall–Kier alpha value is -3.18. The van der Waals surface area contributed by atoms with Crippen molar-refractivity contribution in [3.63, 3.8) is 0 Å². The summed E-state index contributed by atoms with van der Waals surface area (Å²) in [5, 5.41) is 3.11. The number of nitrogens with one attached hydrogen (secondary N) is 1. The van der Waals surface area contributed by atoms with Crippen molar-refractivity contribution in [3.05, 3.63) is 101 Å². The van der Waals surface area contributed by atoms with Crippen molar-refractivity contribution in [2.45, 2.75) is 25.6 Å². The molecule has 3 aromatic rings. The maximum atomic E-state index is 13.3. The molecule has 0 aromatic heterocycles. The molecule has 1 fully saturated rings. The third-order valence-electron chi connectivity index (χ3n) is 6.67. The molecule has 0 radical (unpaired) electrons. The summed E-state index contributed by atoms with van der Waals surface area (Å²) in [6, 6.07) is 25.4. The lowest BCUT2D eigenvalue weighted by Crippen LogP contribution is -2.60. The Labute approximate surface area is 188 Å². The van der Waals surface area contributed by atoms with Crippen molar-refractivity contribution in [2.75, 3.05) is 24.5 Å². The van der Waals surface area contributed by atoms with Crippen molar-refractivity contribution < 1.29 is 9.18 Å². The number of nitrogens with zero attached hydrogens (tertiary/aromatic N) is 2. The maximum absolute atomic E-state index is 13.3. The second kappa shape index (κ2) is 9.13. The van der Waals surface area contributed by atoms with Crippen LogP contribution in [0.2, 0.25) is 0 Å². The number of fused-ring (bicyclic) bond motifs is 3. The number of anilines is 1. The van der Waals surface area contributed by atoms with Crippen LogP contribution in [-0.4, -0.2) is 36.5 Å². The highest BCUT2D eigenvalue weighted by Crippen LogP contribution is 2.36. The predicted molar refractivity (Wildman–Crippen MR) is 125 cm³/mol. The van der Waals surface area contributed by atoms with E-state index in [2.05, 4.69) is 63.6 Å². The van der Waals surface area contributed by atoms with E-state index in [9.17, 15) is 9.18 Å². The van der Waals surface area contributed by atoms with Gasteiger partial charge < -0.3 is 10.2 Å². The zero-order chi connectivity index (χ0) is 21.9. The fourth-order valence-electron chi connectivity index (χ4n) is 5.02. The first-order valence-corrected chi connectivity index (χ1v) is 11.3. The zero-order valence-electron chi connectivity index (χ0n) is 18.1. The highest BCUT2D eigenvalue weighted by Gasteiger charge is 2.41. The van der Waals surface area contributed by atoms with Gasteiger partial charge in [0.05, 0.1) is 12.0 Å². The van der Waals surface area contributed by atoms with Gasteiger partial charge in [-0.05, 0) is 41.3 Å². The second-order valence-corrected chi connectivity index (χ2v) is 8.77. The zero-order valence-corrected chi connectivity index (χ0v) is 18.1. The molecule has 0 saturated carbocycles. The fourth-order valence-corrected chi connectivity index (χ4v) is 5.02. The minimum absolute atomic E-state index is 0.0698. The Morgan fingerprint density at radius 2 is 1.66 bits per heavy atom. The first-order chi connectivity index (χ1) is 15.7. The lowest BCUT2D eigenvalue weighted by molar-refractivity contribution is -0.126. The summed E-state index contributed by atoms with van der Waals surface area (Å²) in [5.41, 5.74) is 4.71. The number of rotatable bonds is 5. The third-order valence-corrected chi connectivity index (χ3v) is 6.67. The number of hydrogen-bond donors (Lipinski definition) is 1. The van der Waals surface area contributed by atoms with Crippen LogP contribution in [0.3, 0.4) is 0 Å². The van der Waals surface area contributed by atoms with Crippen LogP contribution in [0, 0.1) is 11.7 Å². The Morgan fingerprint density at radius 1 is 0.906 bits per heavy atom. The van der Waals surface area contributed by atoms with Crippen LogP contribution in [0.25, 0.3) is 0 Å². The largest absolute Gasteiger partial charge is 0.365 e. The van der Waals surface area contributed by atoms with E-state index < -0.39 is 0 Å². The molecule has 0 unspecified atom stereocenters. The van der Waals surface area contributed by atoms with E-state index in [1.54, 1.807) is 12.1 Å². The number of para-hydroxylation sites is 1. The van der Waals surface area contributed by atoms with Gasteiger partial charge in [0.25, 0.3) is 0 Å². The fraction of sp³-hybridized carbons (Fsp3) is 0.296. The van der Waals surface area contributed by atoms with Gasteiger partial charge in [0.1, 0.15) is 5.82 Å². The molecule has 2 atom stereocenters. The lowest BCUT2D eigenvalue weighted by atomic mass is 9.83. The highest BCUT2D eigenvalue weighted by molar-refractivity contribution is 5.82. The number of carbonyl (C=O) groups is 1. The number of piperazine rings is 1. The Balaban J connectivity index is 1.34. The van der Waals surface area contributed by atoms with Crippen molar-refractivity contribution >= 4 is 11.6 Å². The molecule has 2 aliphatic heterocycles. The molecule has 164 valence electrons. The SMILES string of the molecule is O=C(NCc1ccc(F)cc1)[C@H]1Cc2ccccc2N2CCN(Cc3ccccc3)C[C@H]12. The summed E-state index contributed by atoms with van der Waals surface area (Å²) in [4.78, 5) is 18.2. The van der Waals surface area contributed by atoms with Crippen molar-refractivity contribution in [2.24, 2.45) is 5.92 Å². The Kier molecular flexibility index (Phi) is 5.91. The van der Waals surface area contributed by atoms with Gasteiger partial charge in [-0.15, -0.1) is 0 Å². The van der Waals surface area contributed by atoms with Gasteiger partial charge in [0, 0.05) is 38.4 Å². The first kappa shape index (κ1) is 20.7. The van der Waals surface area contributed by atoms with Gasteiger partial charge in [-0.1, -0.05) is 60.7 Å². The number of carbonyl (C=O) groups excluding carboxylic acids is 1. The number of benzene rings is 3. The van der Waals surface area contributed by atoms with E-state index in [-0.39, 0.29) is 23.7 Å². The third kappa shape index (κ3) is 4.39. The summed E-state index contributed by atoms with van der Waals surface area (Å²) in [5.74, 6) is -0.315. The van der Waals surface area contributed by atoms with Crippen LogP contribution < -0.4 is 10.2 Å². The van der Waals surface area contributed by atoms with Crippen molar-refractivity contribution in [1.29, 1.82) is 0 Å². The highest BCUT2D eigenvalue weighted by atomic mass is 19.1. The standard InChI is InChI=1S/C27H28FN3O/c28-23-12-10-20(11-13-23)17-29-27(32)24-16-22-8-4-5-9-25(22)31-15-14-30(19-26(24)31)18-21-6-2-1-3-7-21/h1-13,24,26H,14-19H2,(H,29,32)/t24-,26+/m0/s1. The van der Waals surface area contributed by atoms with Gasteiger partial charge in [-0.2, -0.15) is 0 Å². The average Bonchev–Trinajstić information content (AvgIpc) is 2.83. The van der Waals surface area contributed by atoms with E-state index in [4.69, 9.17) is 0 Å². The molecule has 2 aliphatic rings. The monoisotopic (exact) mass is 429 g/mol. The normalized spacial score (nSPS) is 20.3. The van der Waals surface area contributed by atoms with Crippen LogP contribution in [0.5, 0.6) is 0 Å². The van der Waals surface area contributed by atoms with Crippen molar-refractivity contribution in [1.82, 2.24) is 10.2 Å². The van der Waals surface area contributed by atoms with E-state index in [0.717, 1.165) is 38.2 Å². The van der Waals surface area contributed by atoms with Gasteiger partial charge in [0.15, 0.2) is 0 Å². The lowest BCUT2D eigenvalue weighted by Gasteiger charge is -2.49. The molecule has 0 spiro atoms. The molecule has 32 heavy (non-hydrogen) atoms. The Bertz CT molecular complexity index is 1070. The molecule has 4 nitrogen and oxygen atoms in total. The Morgan fingerprint density at radius 3 is 2.47 bits per heavy atom. The topological polar surface area (TPSA) is 35.6 Å². The van der Waals surface area contributed by atoms with Crippen LogP contribution in [0.4, 0.5) is 10.1 Å². The van der Waals surface area contributed by atoms with E-state index in [1.807, 2.05) is 6.07 Å². The smallest absolute Gasteiger partial charge is 0.225 e. The summed E-state index contributed by atoms with van der Waals surface area (Å²) in [6.45, 7) is 4.06. The molecule has 2 heterocycles. The van der Waals surface area contributed by atoms with Gasteiger partial charge in [0.2, 0.25) is 5.91 Å². The van der Waals surface area contributed by atoms with Crippen LogP contribution in [0.15, 0.2) is 78.9 Å². The van der Waals surface area contributed by atoms with E-state index in [0.29, 0.717) is 6.54 Å². The quantitative estimate of drug-likeness (QED) is 0.666. The molecule has 3 aromatic carbocycles. The molecular formula is C27H28FN3O. The molecule has 1 saturated heterocycles. The van der Waals surface area contributed by atoms with E-state index in [1.165, 1.54) is 28.9 Å². The molecule has 0 aliphatic carbocycles. The maximum Gasteiger partial charge on any atom is 0.225 e. The molecule has 5 heteroatoms. The summed E-state index contributed by atoms with van der Waals surface area (Å²) in [6.07, 6.45) is 0.742. The minimum Gasteiger partial charge on any atom is -0.365 e. The summed E-state index contributed by atoms with van der Waals surface area (Å²) < 4.78 is 13.2. The molecule has 1 amide bonds. The first-order valence-electron chi connectivity index (χ1n) is 11.3. The van der Waals surface area contributed by atoms with Gasteiger partial charge in [-0.25, -0.2) is 4.39 Å². The van der Waals surface area contributed by atoms with Crippen LogP contribution in [-0.2, 0) is 24.3 Å². The predicted octanol–water partition coefficient (Wildman–Crippen LogP) is 4.01. The molecule has 1 N–H and O–H groups in total.